The lowest BCUT2D eigenvalue weighted by atomic mass is 10.0. The summed E-state index contributed by atoms with van der Waals surface area (Å²) in [5.74, 6) is -0.635. The van der Waals surface area contributed by atoms with Crippen LogP contribution in [0.4, 0.5) is 13.2 Å². The molecule has 0 bridgehead atoms. The van der Waals surface area contributed by atoms with Gasteiger partial charge in [0.05, 0.1) is 18.6 Å². The Kier molecular flexibility index (Phi) is 7.39. The van der Waals surface area contributed by atoms with Crippen LogP contribution in [0.1, 0.15) is 21.6 Å². The van der Waals surface area contributed by atoms with Crippen molar-refractivity contribution in [3.8, 4) is 5.75 Å². The molecule has 0 aliphatic heterocycles. The third-order valence-electron chi connectivity index (χ3n) is 4.18. The molecule has 3 N–H and O–H groups in total. The number of nitrogens with zero attached hydrogens (tertiary/aromatic N) is 1. The summed E-state index contributed by atoms with van der Waals surface area (Å²) in [6.07, 6.45) is -6.73. The quantitative estimate of drug-likeness (QED) is 0.561. The van der Waals surface area contributed by atoms with E-state index in [-0.39, 0.29) is 22.6 Å². The Morgan fingerprint density at radius 1 is 1.27 bits per heavy atom. The molecule has 0 radical (unpaired) electrons. The van der Waals surface area contributed by atoms with E-state index in [1.807, 2.05) is 5.32 Å². The highest BCUT2D eigenvalue weighted by Crippen LogP contribution is 2.26. The van der Waals surface area contributed by atoms with E-state index in [1.54, 1.807) is 24.3 Å². The van der Waals surface area contributed by atoms with Crippen molar-refractivity contribution in [2.75, 3.05) is 20.7 Å². The highest BCUT2D eigenvalue weighted by atomic mass is 32.2. The summed E-state index contributed by atoms with van der Waals surface area (Å²) < 4.78 is 69.8. The van der Waals surface area contributed by atoms with Crippen LogP contribution in [0, 0.1) is 0 Å². The fourth-order valence-corrected chi connectivity index (χ4v) is 3.58. The predicted molar refractivity (Wildman–Crippen MR) is 101 cm³/mol. The van der Waals surface area contributed by atoms with Gasteiger partial charge in [-0.1, -0.05) is 18.2 Å². The van der Waals surface area contributed by atoms with Crippen LogP contribution in [0.25, 0.3) is 0 Å². The first-order chi connectivity index (χ1) is 14.0. The van der Waals surface area contributed by atoms with Gasteiger partial charge in [-0.05, 0) is 24.7 Å². The number of aromatic nitrogens is 1. The zero-order chi connectivity index (χ0) is 22.5. The average molecular weight is 447 g/mol. The first-order valence-electron chi connectivity index (χ1n) is 8.57. The molecular formula is C18H20F3N3O5S. The number of sulfonamides is 1. The van der Waals surface area contributed by atoms with Crippen LogP contribution < -0.4 is 14.8 Å². The summed E-state index contributed by atoms with van der Waals surface area (Å²) >= 11 is 0. The number of alkyl halides is 3. The highest BCUT2D eigenvalue weighted by molar-refractivity contribution is 7.89. The Hall–Kier alpha value is -2.70. The Balaban J connectivity index is 2.50. The number of nitrogens with one attached hydrogen (secondary N) is 2. The number of rotatable bonds is 8. The number of hydrogen-bond acceptors (Lipinski definition) is 6. The molecule has 164 valence electrons. The molecule has 30 heavy (non-hydrogen) atoms. The van der Waals surface area contributed by atoms with Gasteiger partial charge in [-0.2, -0.15) is 13.2 Å². The van der Waals surface area contributed by atoms with Crippen molar-refractivity contribution in [3.63, 3.8) is 0 Å². The maximum absolute atomic E-state index is 12.5. The van der Waals surface area contributed by atoms with Crippen molar-refractivity contribution in [2.24, 2.45) is 0 Å². The van der Waals surface area contributed by atoms with Crippen LogP contribution in [0.2, 0.25) is 0 Å². The van der Waals surface area contributed by atoms with Crippen molar-refractivity contribution in [1.29, 1.82) is 0 Å². The first kappa shape index (κ1) is 23.6. The van der Waals surface area contributed by atoms with Gasteiger partial charge in [0.1, 0.15) is 11.4 Å². The van der Waals surface area contributed by atoms with E-state index in [9.17, 15) is 26.4 Å². The van der Waals surface area contributed by atoms with E-state index >= 15 is 0 Å². The zero-order valence-electron chi connectivity index (χ0n) is 16.0. The second-order valence-electron chi connectivity index (χ2n) is 6.10. The lowest BCUT2D eigenvalue weighted by Gasteiger charge is -2.17. The van der Waals surface area contributed by atoms with Gasteiger partial charge in [0.15, 0.2) is 6.10 Å². The van der Waals surface area contributed by atoms with Gasteiger partial charge < -0.3 is 15.2 Å². The number of benzene rings is 1. The van der Waals surface area contributed by atoms with E-state index < -0.39 is 34.8 Å². The molecule has 1 unspecified atom stereocenters. The molecule has 0 saturated carbocycles. The van der Waals surface area contributed by atoms with E-state index in [1.165, 1.54) is 20.2 Å². The SMILES string of the molecule is CNS(=O)(=O)c1ccnc(C(=O)NCC(O)C(F)(F)F)c1Cc1ccccc1OC. The smallest absolute Gasteiger partial charge is 0.416 e. The second kappa shape index (κ2) is 9.41. The number of ether oxygens (including phenoxy) is 1. The van der Waals surface area contributed by atoms with Gasteiger partial charge >= 0.3 is 6.18 Å². The van der Waals surface area contributed by atoms with E-state index in [2.05, 4.69) is 9.71 Å². The van der Waals surface area contributed by atoms with Crippen molar-refractivity contribution in [3.05, 3.63) is 53.3 Å². The van der Waals surface area contributed by atoms with Crippen molar-refractivity contribution < 1.29 is 36.2 Å². The van der Waals surface area contributed by atoms with Gasteiger partial charge in [-0.3, -0.25) is 9.78 Å². The third-order valence-corrected chi connectivity index (χ3v) is 5.68. The minimum absolute atomic E-state index is 0.0321. The van der Waals surface area contributed by atoms with Crippen molar-refractivity contribution >= 4 is 15.9 Å². The fraction of sp³-hybridized carbons (Fsp3) is 0.333. The fourth-order valence-electron chi connectivity index (χ4n) is 2.63. The van der Waals surface area contributed by atoms with Crippen LogP contribution in [0.3, 0.4) is 0 Å². The lowest BCUT2D eigenvalue weighted by molar-refractivity contribution is -0.201. The molecule has 2 rings (SSSR count). The van der Waals surface area contributed by atoms with Gasteiger partial charge in [0.2, 0.25) is 10.0 Å². The number of aliphatic hydroxyl groups is 1. The summed E-state index contributed by atoms with van der Waals surface area (Å²) in [6, 6.07) is 7.84. The molecule has 0 fully saturated rings. The molecule has 0 aliphatic carbocycles. The molecule has 2 aromatic rings. The normalized spacial score (nSPS) is 13.0. The van der Waals surface area contributed by atoms with Crippen LogP contribution in [0.15, 0.2) is 41.4 Å². The Bertz CT molecular complexity index is 1010. The summed E-state index contributed by atoms with van der Waals surface area (Å²) in [6.45, 7) is -1.11. The molecule has 12 heteroatoms. The van der Waals surface area contributed by atoms with Gasteiger partial charge in [-0.25, -0.2) is 13.1 Å². The molecule has 1 amide bonds. The molecule has 0 saturated heterocycles. The van der Waals surface area contributed by atoms with E-state index in [0.29, 0.717) is 11.3 Å². The highest BCUT2D eigenvalue weighted by Gasteiger charge is 2.38. The number of aliphatic hydroxyl groups excluding tert-OH is 1. The van der Waals surface area contributed by atoms with Crippen LogP contribution in [0.5, 0.6) is 5.75 Å². The average Bonchev–Trinajstić information content (AvgIpc) is 2.71. The maximum Gasteiger partial charge on any atom is 0.416 e. The monoisotopic (exact) mass is 447 g/mol. The molecule has 8 nitrogen and oxygen atoms in total. The number of hydrogen-bond donors (Lipinski definition) is 3. The second-order valence-corrected chi connectivity index (χ2v) is 7.95. The summed E-state index contributed by atoms with van der Waals surface area (Å²) in [7, 11) is -1.42. The standard InChI is InChI=1S/C18H20F3N3O5S/c1-22-30(27,28)14-7-8-23-16(17(26)24-10-15(25)18(19,20)21)12(14)9-11-5-3-4-6-13(11)29-2/h3-8,15,22,25H,9-10H2,1-2H3,(H,24,26). The van der Waals surface area contributed by atoms with Gasteiger partial charge in [0, 0.05) is 18.2 Å². The number of amides is 1. The predicted octanol–water partition coefficient (Wildman–Crippen LogP) is 1.24. The van der Waals surface area contributed by atoms with Crippen LogP contribution in [-0.2, 0) is 16.4 Å². The topological polar surface area (TPSA) is 118 Å². The molecule has 1 heterocycles. The molecule has 1 aromatic carbocycles. The van der Waals surface area contributed by atoms with Crippen LogP contribution in [-0.4, -0.2) is 57.4 Å². The Morgan fingerprint density at radius 3 is 2.53 bits per heavy atom. The summed E-state index contributed by atoms with van der Waals surface area (Å²) in [5.41, 5.74) is 0.117. The number of carbonyl (C=O) groups is 1. The van der Waals surface area contributed by atoms with Gasteiger partial charge in [0.25, 0.3) is 5.91 Å². The molecular weight excluding hydrogens is 427 g/mol. The van der Waals surface area contributed by atoms with Crippen molar-refractivity contribution in [1.82, 2.24) is 15.0 Å². The number of halogens is 3. The zero-order valence-corrected chi connectivity index (χ0v) is 16.8. The lowest BCUT2D eigenvalue weighted by Crippen LogP contribution is -2.41. The van der Waals surface area contributed by atoms with E-state index in [0.717, 1.165) is 6.20 Å². The minimum Gasteiger partial charge on any atom is -0.496 e. The number of pyridine rings is 1. The van der Waals surface area contributed by atoms with Gasteiger partial charge in [-0.15, -0.1) is 0 Å². The molecule has 0 aliphatic rings. The Labute approximate surface area is 171 Å². The maximum atomic E-state index is 12.5. The summed E-state index contributed by atoms with van der Waals surface area (Å²) in [4.78, 5) is 16.1. The number of carbonyl (C=O) groups excluding carboxylic acids is 1. The van der Waals surface area contributed by atoms with Crippen LogP contribution >= 0.6 is 0 Å². The minimum atomic E-state index is -4.92. The largest absolute Gasteiger partial charge is 0.496 e. The molecule has 0 spiro atoms. The van der Waals surface area contributed by atoms with Crippen molar-refractivity contribution in [2.45, 2.75) is 23.6 Å². The molecule has 1 atom stereocenters. The van der Waals surface area contributed by atoms with E-state index in [4.69, 9.17) is 9.84 Å². The Morgan fingerprint density at radius 2 is 1.93 bits per heavy atom. The number of para-hydroxylation sites is 1. The first-order valence-corrected chi connectivity index (χ1v) is 10.1. The molecule has 1 aromatic heterocycles. The number of methoxy groups -OCH3 is 1. The third kappa shape index (κ3) is 5.46. The summed E-state index contributed by atoms with van der Waals surface area (Å²) in [5, 5.41) is 11.0.